The molecule has 0 aliphatic rings. The van der Waals surface area contributed by atoms with Crippen LogP contribution in [-0.4, -0.2) is 9.97 Å². The van der Waals surface area contributed by atoms with E-state index in [1.54, 1.807) is 19.1 Å². The first-order valence-electron chi connectivity index (χ1n) is 5.93. The van der Waals surface area contributed by atoms with Crippen molar-refractivity contribution >= 4 is 22.6 Å². The first kappa shape index (κ1) is 13.5. The van der Waals surface area contributed by atoms with Crippen LogP contribution in [0.2, 0.25) is 5.28 Å². The van der Waals surface area contributed by atoms with Gasteiger partial charge in [0.05, 0.1) is 6.20 Å². The van der Waals surface area contributed by atoms with Gasteiger partial charge in [-0.3, -0.25) is 0 Å². The highest BCUT2D eigenvalue weighted by molar-refractivity contribution is 6.28. The average molecular weight is 307 g/mol. The van der Waals surface area contributed by atoms with E-state index in [9.17, 15) is 9.18 Å². The lowest BCUT2D eigenvalue weighted by atomic mass is 10.1. The lowest BCUT2D eigenvalue weighted by molar-refractivity contribution is 0.419. The third-order valence-electron chi connectivity index (χ3n) is 2.82. The van der Waals surface area contributed by atoms with Crippen molar-refractivity contribution < 1.29 is 13.5 Å². The number of aromatic nitrogens is 2. The number of ether oxygens (including phenoxy) is 1. The second-order valence-electron chi connectivity index (χ2n) is 4.30. The zero-order valence-electron chi connectivity index (χ0n) is 10.8. The Balaban J connectivity index is 2.05. The highest BCUT2D eigenvalue weighted by atomic mass is 35.5. The SMILES string of the molecule is Cc1cc(=O)oc2cc(Oc3nc(Cl)ncc3F)ccc12. The van der Waals surface area contributed by atoms with Gasteiger partial charge in [0.25, 0.3) is 5.88 Å². The second-order valence-corrected chi connectivity index (χ2v) is 4.64. The summed E-state index contributed by atoms with van der Waals surface area (Å²) in [5, 5.41) is 0.637. The quantitative estimate of drug-likeness (QED) is 0.536. The Morgan fingerprint density at radius 3 is 2.95 bits per heavy atom. The van der Waals surface area contributed by atoms with E-state index in [2.05, 4.69) is 9.97 Å². The standard InChI is InChI=1S/C14H8ClFN2O3/c1-7-4-12(19)21-11-5-8(2-3-9(7)11)20-13-10(16)6-17-14(15)18-13/h2-6H,1H3. The molecule has 3 aromatic rings. The fourth-order valence-electron chi connectivity index (χ4n) is 1.88. The number of halogens is 2. The van der Waals surface area contributed by atoms with Crippen LogP contribution >= 0.6 is 11.6 Å². The summed E-state index contributed by atoms with van der Waals surface area (Å²) in [6, 6.07) is 6.21. The van der Waals surface area contributed by atoms with E-state index in [0.29, 0.717) is 5.58 Å². The first-order chi connectivity index (χ1) is 10.0. The number of rotatable bonds is 2. The van der Waals surface area contributed by atoms with Crippen molar-refractivity contribution in [2.24, 2.45) is 0 Å². The topological polar surface area (TPSA) is 65.2 Å². The van der Waals surface area contributed by atoms with Gasteiger partial charge in [-0.2, -0.15) is 9.37 Å². The van der Waals surface area contributed by atoms with E-state index in [-0.39, 0.29) is 16.9 Å². The molecule has 0 aliphatic heterocycles. The number of fused-ring (bicyclic) bond motifs is 1. The molecule has 0 N–H and O–H groups in total. The Morgan fingerprint density at radius 2 is 2.14 bits per heavy atom. The average Bonchev–Trinajstić information content (AvgIpc) is 2.42. The Kier molecular flexibility index (Phi) is 3.31. The van der Waals surface area contributed by atoms with E-state index in [4.69, 9.17) is 20.8 Å². The molecule has 5 nitrogen and oxygen atoms in total. The maximum Gasteiger partial charge on any atom is 0.336 e. The molecule has 2 aromatic heterocycles. The van der Waals surface area contributed by atoms with Crippen molar-refractivity contribution in [3.63, 3.8) is 0 Å². The molecule has 0 aliphatic carbocycles. The summed E-state index contributed by atoms with van der Waals surface area (Å²) in [5.41, 5.74) is 0.663. The van der Waals surface area contributed by atoms with Crippen molar-refractivity contribution in [1.82, 2.24) is 9.97 Å². The van der Waals surface area contributed by atoms with Gasteiger partial charge in [0.15, 0.2) is 0 Å². The van der Waals surface area contributed by atoms with Crippen LogP contribution in [0.5, 0.6) is 11.6 Å². The van der Waals surface area contributed by atoms with Crippen LogP contribution in [0.25, 0.3) is 11.0 Å². The minimum absolute atomic E-state index is 0.130. The Morgan fingerprint density at radius 1 is 1.33 bits per heavy atom. The predicted octanol–water partition coefficient (Wildman–Crippen LogP) is 3.48. The molecular weight excluding hydrogens is 299 g/mol. The third kappa shape index (κ3) is 2.71. The van der Waals surface area contributed by atoms with Crippen LogP contribution in [0.3, 0.4) is 0 Å². The maximum atomic E-state index is 13.5. The van der Waals surface area contributed by atoms with Crippen LogP contribution in [0.4, 0.5) is 4.39 Å². The zero-order valence-corrected chi connectivity index (χ0v) is 11.5. The fraction of sp³-hybridized carbons (Fsp3) is 0.0714. The number of aryl methyl sites for hydroxylation is 1. The molecule has 106 valence electrons. The van der Waals surface area contributed by atoms with Crippen molar-refractivity contribution in [2.45, 2.75) is 6.92 Å². The lowest BCUT2D eigenvalue weighted by Crippen LogP contribution is -1.98. The van der Waals surface area contributed by atoms with Gasteiger partial charge in [0.1, 0.15) is 11.3 Å². The smallest absolute Gasteiger partial charge is 0.336 e. The van der Waals surface area contributed by atoms with E-state index in [0.717, 1.165) is 17.1 Å². The van der Waals surface area contributed by atoms with Crippen molar-refractivity contribution in [1.29, 1.82) is 0 Å². The van der Waals surface area contributed by atoms with E-state index >= 15 is 0 Å². The van der Waals surface area contributed by atoms with Crippen LogP contribution in [0.15, 0.2) is 39.7 Å². The van der Waals surface area contributed by atoms with Gasteiger partial charge in [0.2, 0.25) is 11.1 Å². The molecule has 0 saturated heterocycles. The van der Waals surface area contributed by atoms with Gasteiger partial charge < -0.3 is 9.15 Å². The molecule has 0 fully saturated rings. The van der Waals surface area contributed by atoms with Gasteiger partial charge in [-0.05, 0) is 36.2 Å². The Bertz CT molecular complexity index is 895. The second kappa shape index (κ2) is 5.14. The van der Waals surface area contributed by atoms with Crippen LogP contribution in [0.1, 0.15) is 5.56 Å². The third-order valence-corrected chi connectivity index (χ3v) is 3.00. The summed E-state index contributed by atoms with van der Waals surface area (Å²) in [7, 11) is 0. The fourth-order valence-corrected chi connectivity index (χ4v) is 2.01. The van der Waals surface area contributed by atoms with Gasteiger partial charge in [-0.25, -0.2) is 9.78 Å². The molecule has 1 aromatic carbocycles. The molecular formula is C14H8ClFN2O3. The molecule has 21 heavy (non-hydrogen) atoms. The zero-order chi connectivity index (χ0) is 15.0. The molecule has 0 bridgehead atoms. The van der Waals surface area contributed by atoms with Crippen LogP contribution in [-0.2, 0) is 0 Å². The van der Waals surface area contributed by atoms with Gasteiger partial charge in [0, 0.05) is 17.5 Å². The van der Waals surface area contributed by atoms with E-state index in [1.165, 1.54) is 12.1 Å². The minimum atomic E-state index is -0.745. The molecule has 7 heteroatoms. The highest BCUT2D eigenvalue weighted by Crippen LogP contribution is 2.27. The number of hydrogen-bond acceptors (Lipinski definition) is 5. The highest BCUT2D eigenvalue weighted by Gasteiger charge is 2.10. The van der Waals surface area contributed by atoms with Gasteiger partial charge >= 0.3 is 5.63 Å². The molecule has 2 heterocycles. The summed E-state index contributed by atoms with van der Waals surface area (Å²) < 4.78 is 23.9. The molecule has 3 rings (SSSR count). The van der Waals surface area contributed by atoms with E-state index in [1.807, 2.05) is 0 Å². The Labute approximate surface area is 123 Å². The van der Waals surface area contributed by atoms with Gasteiger partial charge in [-0.1, -0.05) is 0 Å². The predicted molar refractivity (Wildman–Crippen MR) is 74.3 cm³/mol. The number of nitrogens with zero attached hydrogens (tertiary/aromatic N) is 2. The Hall–Kier alpha value is -2.47. The van der Waals surface area contributed by atoms with Crippen LogP contribution in [0, 0.1) is 12.7 Å². The number of hydrogen-bond donors (Lipinski definition) is 0. The molecule has 0 radical (unpaired) electrons. The van der Waals surface area contributed by atoms with Crippen LogP contribution < -0.4 is 10.4 Å². The summed E-state index contributed by atoms with van der Waals surface area (Å²) in [5.74, 6) is -0.778. The monoisotopic (exact) mass is 306 g/mol. The molecule has 0 spiro atoms. The normalized spacial score (nSPS) is 10.8. The maximum absolute atomic E-state index is 13.5. The van der Waals surface area contributed by atoms with E-state index < -0.39 is 11.4 Å². The molecule has 0 amide bonds. The first-order valence-corrected chi connectivity index (χ1v) is 6.31. The van der Waals surface area contributed by atoms with Gasteiger partial charge in [-0.15, -0.1) is 0 Å². The van der Waals surface area contributed by atoms with Crippen molar-refractivity contribution in [3.8, 4) is 11.6 Å². The summed E-state index contributed by atoms with van der Waals surface area (Å²) in [6.45, 7) is 1.80. The van der Waals surface area contributed by atoms with Crippen molar-refractivity contribution in [3.05, 3.63) is 57.5 Å². The minimum Gasteiger partial charge on any atom is -0.436 e. The molecule has 0 atom stereocenters. The summed E-state index contributed by atoms with van der Waals surface area (Å²) in [6.07, 6.45) is 0.913. The summed E-state index contributed by atoms with van der Waals surface area (Å²) in [4.78, 5) is 18.5. The lowest BCUT2D eigenvalue weighted by Gasteiger charge is -2.07. The molecule has 0 unspecified atom stereocenters. The largest absolute Gasteiger partial charge is 0.436 e. The van der Waals surface area contributed by atoms with Crippen molar-refractivity contribution in [2.75, 3.05) is 0 Å². The summed E-state index contributed by atoms with van der Waals surface area (Å²) >= 11 is 5.59. The molecule has 0 saturated carbocycles. The number of benzene rings is 1.